The molecule has 0 bridgehead atoms. The Kier molecular flexibility index (Phi) is 4.88. The Hall–Kier alpha value is -2.57. The zero-order valence-corrected chi connectivity index (χ0v) is 12.7. The zero-order valence-electron chi connectivity index (χ0n) is 12.7. The number of aryl methyl sites for hydroxylation is 1. The van der Waals surface area contributed by atoms with Gasteiger partial charge in [0.25, 0.3) is 0 Å². The molecule has 1 amide bonds. The maximum atomic E-state index is 12.9. The molecule has 0 atom stereocenters. The Morgan fingerprint density at radius 3 is 2.65 bits per heavy atom. The van der Waals surface area contributed by atoms with Crippen molar-refractivity contribution >= 4 is 17.7 Å². The highest BCUT2D eigenvalue weighted by atomic mass is 19.4. The minimum atomic E-state index is -4.52. The molecule has 2 aromatic rings. The minimum absolute atomic E-state index is 0.268. The second kappa shape index (κ2) is 6.68. The summed E-state index contributed by atoms with van der Waals surface area (Å²) in [5.41, 5.74) is 0.478. The van der Waals surface area contributed by atoms with E-state index in [-0.39, 0.29) is 5.69 Å². The Bertz CT molecular complexity index is 732. The van der Waals surface area contributed by atoms with Gasteiger partial charge in [0.2, 0.25) is 5.91 Å². The Labute approximate surface area is 131 Å². The van der Waals surface area contributed by atoms with Crippen LogP contribution in [-0.4, -0.2) is 15.7 Å². The topological polar surface area (TPSA) is 46.9 Å². The molecule has 0 aliphatic heterocycles. The number of alkyl halides is 3. The van der Waals surface area contributed by atoms with Gasteiger partial charge in [-0.1, -0.05) is 12.1 Å². The average molecular weight is 323 g/mol. The molecule has 7 heteroatoms. The third-order valence-corrected chi connectivity index (χ3v) is 3.35. The molecule has 122 valence electrons. The van der Waals surface area contributed by atoms with Gasteiger partial charge >= 0.3 is 6.18 Å². The number of carbonyl (C=O) groups excluding carboxylic acids is 1. The van der Waals surface area contributed by atoms with Crippen LogP contribution in [0.3, 0.4) is 0 Å². The molecule has 0 radical (unpaired) electrons. The van der Waals surface area contributed by atoms with E-state index in [0.29, 0.717) is 6.54 Å². The highest BCUT2D eigenvalue weighted by Crippen LogP contribution is 2.34. The average Bonchev–Trinajstić information content (AvgIpc) is 2.85. The number of anilines is 1. The molecule has 0 aliphatic carbocycles. The summed E-state index contributed by atoms with van der Waals surface area (Å²) in [5, 5.41) is 6.38. The van der Waals surface area contributed by atoms with Gasteiger partial charge in [-0.15, -0.1) is 0 Å². The van der Waals surface area contributed by atoms with Crippen LogP contribution in [0.15, 0.2) is 36.5 Å². The van der Waals surface area contributed by atoms with Crippen LogP contribution in [0.5, 0.6) is 0 Å². The van der Waals surface area contributed by atoms with E-state index >= 15 is 0 Å². The normalized spacial score (nSPS) is 11.9. The smallest absolute Gasteiger partial charge is 0.322 e. The second-order valence-corrected chi connectivity index (χ2v) is 4.87. The molecule has 1 aromatic carbocycles. The van der Waals surface area contributed by atoms with Crippen LogP contribution in [0, 0.1) is 6.92 Å². The number of benzene rings is 1. The lowest BCUT2D eigenvalue weighted by Gasteiger charge is -2.12. The molecule has 0 saturated heterocycles. The number of amides is 1. The van der Waals surface area contributed by atoms with Crippen LogP contribution in [0.25, 0.3) is 6.08 Å². The van der Waals surface area contributed by atoms with Crippen LogP contribution in [0.1, 0.15) is 23.7 Å². The Morgan fingerprint density at radius 2 is 2.04 bits per heavy atom. The van der Waals surface area contributed by atoms with Crippen LogP contribution in [-0.2, 0) is 17.5 Å². The molecule has 0 spiro atoms. The lowest BCUT2D eigenvalue weighted by molar-refractivity contribution is -0.136. The van der Waals surface area contributed by atoms with E-state index in [0.717, 1.165) is 17.3 Å². The molecule has 1 heterocycles. The summed E-state index contributed by atoms with van der Waals surface area (Å²) in [6.07, 6.45) is -0.199. The van der Waals surface area contributed by atoms with Crippen LogP contribution in [0.4, 0.5) is 18.9 Å². The van der Waals surface area contributed by atoms with Crippen molar-refractivity contribution in [2.75, 3.05) is 5.32 Å². The monoisotopic (exact) mass is 323 g/mol. The molecule has 2 rings (SSSR count). The summed E-state index contributed by atoms with van der Waals surface area (Å²) >= 11 is 0. The van der Waals surface area contributed by atoms with E-state index in [2.05, 4.69) is 10.4 Å². The van der Waals surface area contributed by atoms with E-state index in [9.17, 15) is 18.0 Å². The fourth-order valence-electron chi connectivity index (χ4n) is 2.12. The fourth-order valence-corrected chi connectivity index (χ4v) is 2.12. The van der Waals surface area contributed by atoms with Gasteiger partial charge < -0.3 is 5.32 Å². The summed E-state index contributed by atoms with van der Waals surface area (Å²) in [6, 6.07) is 4.85. The largest absolute Gasteiger partial charge is 0.418 e. The van der Waals surface area contributed by atoms with Crippen LogP contribution in [0.2, 0.25) is 0 Å². The summed E-state index contributed by atoms with van der Waals surface area (Å²) in [5.74, 6) is -0.634. The van der Waals surface area contributed by atoms with Gasteiger partial charge in [0, 0.05) is 23.9 Å². The molecule has 23 heavy (non-hydrogen) atoms. The standard InChI is InChI=1S/C16H16F3N3O/c1-3-22-11(2)12(10-20-22)8-9-15(23)21-14-7-5-4-6-13(14)16(17,18)19/h4-10H,3H2,1-2H3,(H,21,23)/b9-8+. The number of rotatable bonds is 4. The zero-order chi connectivity index (χ0) is 17.0. The second-order valence-electron chi connectivity index (χ2n) is 4.87. The highest BCUT2D eigenvalue weighted by Gasteiger charge is 2.33. The van der Waals surface area contributed by atoms with Crippen LogP contribution < -0.4 is 5.32 Å². The van der Waals surface area contributed by atoms with Crippen molar-refractivity contribution in [1.82, 2.24) is 9.78 Å². The first-order chi connectivity index (χ1) is 10.8. The predicted octanol–water partition coefficient (Wildman–Crippen LogP) is 3.88. The van der Waals surface area contributed by atoms with Crippen LogP contribution >= 0.6 is 0 Å². The minimum Gasteiger partial charge on any atom is -0.322 e. The van der Waals surface area contributed by atoms with E-state index in [1.165, 1.54) is 30.4 Å². The molecular formula is C16H16F3N3O. The molecule has 1 N–H and O–H groups in total. The first kappa shape index (κ1) is 16.8. The van der Waals surface area contributed by atoms with Crippen molar-refractivity contribution in [3.8, 4) is 0 Å². The Balaban J connectivity index is 2.14. The number of hydrogen-bond donors (Lipinski definition) is 1. The SMILES string of the molecule is CCn1ncc(/C=C/C(=O)Nc2ccccc2C(F)(F)F)c1C. The Morgan fingerprint density at radius 1 is 1.35 bits per heavy atom. The van der Waals surface area contributed by atoms with Gasteiger partial charge in [-0.25, -0.2) is 0 Å². The summed E-state index contributed by atoms with van der Waals surface area (Å²) in [6.45, 7) is 4.49. The first-order valence-corrected chi connectivity index (χ1v) is 7.00. The maximum absolute atomic E-state index is 12.9. The molecule has 0 aliphatic rings. The van der Waals surface area contributed by atoms with E-state index in [1.54, 1.807) is 10.9 Å². The summed E-state index contributed by atoms with van der Waals surface area (Å²) in [7, 11) is 0. The number of carbonyl (C=O) groups is 1. The summed E-state index contributed by atoms with van der Waals surface area (Å²) < 4.78 is 40.4. The number of para-hydroxylation sites is 1. The van der Waals surface area contributed by atoms with Crippen molar-refractivity contribution in [3.63, 3.8) is 0 Å². The maximum Gasteiger partial charge on any atom is 0.418 e. The number of hydrogen-bond acceptors (Lipinski definition) is 2. The number of nitrogens with one attached hydrogen (secondary N) is 1. The quantitative estimate of drug-likeness (QED) is 0.868. The lowest BCUT2D eigenvalue weighted by atomic mass is 10.1. The molecule has 4 nitrogen and oxygen atoms in total. The number of aromatic nitrogens is 2. The molecule has 0 unspecified atom stereocenters. The van der Waals surface area contributed by atoms with Gasteiger partial charge in [-0.2, -0.15) is 18.3 Å². The predicted molar refractivity (Wildman–Crippen MR) is 81.7 cm³/mol. The molecule has 0 saturated carbocycles. The third-order valence-electron chi connectivity index (χ3n) is 3.35. The van der Waals surface area contributed by atoms with Gasteiger partial charge in [0.1, 0.15) is 0 Å². The molecular weight excluding hydrogens is 307 g/mol. The fraction of sp³-hybridized carbons (Fsp3) is 0.250. The van der Waals surface area contributed by atoms with Gasteiger partial charge in [-0.05, 0) is 32.1 Å². The highest BCUT2D eigenvalue weighted by molar-refractivity contribution is 6.02. The van der Waals surface area contributed by atoms with Crippen molar-refractivity contribution < 1.29 is 18.0 Å². The summed E-state index contributed by atoms with van der Waals surface area (Å²) in [4.78, 5) is 11.9. The van der Waals surface area contributed by atoms with Crippen molar-refractivity contribution in [2.24, 2.45) is 0 Å². The third kappa shape index (κ3) is 4.00. The van der Waals surface area contributed by atoms with Crippen molar-refractivity contribution in [1.29, 1.82) is 0 Å². The number of halogens is 3. The molecule has 0 fully saturated rings. The van der Waals surface area contributed by atoms with E-state index < -0.39 is 17.6 Å². The van der Waals surface area contributed by atoms with E-state index in [4.69, 9.17) is 0 Å². The van der Waals surface area contributed by atoms with Gasteiger partial charge in [0.05, 0.1) is 17.4 Å². The van der Waals surface area contributed by atoms with Crippen molar-refractivity contribution in [2.45, 2.75) is 26.6 Å². The number of nitrogens with zero attached hydrogens (tertiary/aromatic N) is 2. The lowest BCUT2D eigenvalue weighted by Crippen LogP contribution is -2.14. The van der Waals surface area contributed by atoms with E-state index in [1.807, 2.05) is 13.8 Å². The van der Waals surface area contributed by atoms with Gasteiger partial charge in [-0.3, -0.25) is 9.48 Å². The first-order valence-electron chi connectivity index (χ1n) is 7.00. The van der Waals surface area contributed by atoms with Crippen molar-refractivity contribution in [3.05, 3.63) is 53.4 Å². The molecule has 1 aromatic heterocycles. The van der Waals surface area contributed by atoms with Gasteiger partial charge in [0.15, 0.2) is 0 Å².